The zero-order valence-corrected chi connectivity index (χ0v) is 29.2. The third kappa shape index (κ3) is 12.1. The molecule has 53 heavy (non-hydrogen) atoms. The molecule has 17 nitrogen and oxygen atoms in total. The van der Waals surface area contributed by atoms with Crippen molar-refractivity contribution in [2.24, 2.45) is 0 Å². The minimum absolute atomic E-state index is 0.0174. The number of carbonyl (C=O) groups excluding carboxylic acids is 1. The predicted octanol–water partition coefficient (Wildman–Crippen LogP) is 5.29. The molecule has 18 heteroatoms. The summed E-state index contributed by atoms with van der Waals surface area (Å²) in [5.74, 6) is -0.346. The molecule has 0 amide bonds. The van der Waals surface area contributed by atoms with Gasteiger partial charge in [-0.25, -0.2) is 9.78 Å². The van der Waals surface area contributed by atoms with E-state index >= 15 is 0 Å². The molecule has 3 heterocycles. The van der Waals surface area contributed by atoms with E-state index in [0.29, 0.717) is 41.4 Å². The number of carboxylic acid groups (broad SMARTS) is 1. The number of nitro benzene ring substituents is 2. The lowest BCUT2D eigenvalue weighted by Gasteiger charge is -2.39. The van der Waals surface area contributed by atoms with E-state index in [1.807, 2.05) is 0 Å². The molecule has 0 radical (unpaired) electrons. The monoisotopic (exact) mass is 731 g/mol. The first-order valence-electron chi connectivity index (χ1n) is 16.5. The summed E-state index contributed by atoms with van der Waals surface area (Å²) in [4.78, 5) is 53.3. The van der Waals surface area contributed by atoms with Crippen molar-refractivity contribution in [2.75, 3.05) is 13.1 Å². The van der Waals surface area contributed by atoms with E-state index in [9.17, 15) is 34.8 Å². The number of aliphatic hydroxyl groups is 1. The number of carbonyl (C=O) groups is 2. The first kappa shape index (κ1) is 39.8. The van der Waals surface area contributed by atoms with Crippen molar-refractivity contribution in [1.29, 1.82) is 0 Å². The molecule has 0 unspecified atom stereocenters. The Kier molecular flexibility index (Phi) is 13.9. The molecule has 0 bridgehead atoms. The highest BCUT2D eigenvalue weighted by Crippen LogP contribution is 2.29. The summed E-state index contributed by atoms with van der Waals surface area (Å²) in [6.45, 7) is 5.95. The zero-order chi connectivity index (χ0) is 38.7. The van der Waals surface area contributed by atoms with E-state index in [2.05, 4.69) is 9.97 Å². The Balaban J connectivity index is 0.000000217. The Labute approximate surface area is 304 Å². The average molecular weight is 732 g/mol. The number of hydrogen-bond donors (Lipinski definition) is 3. The van der Waals surface area contributed by atoms with Gasteiger partial charge in [-0.05, 0) is 76.3 Å². The molecule has 0 atom stereocenters. The zero-order valence-electron chi connectivity index (χ0n) is 29.2. The minimum atomic E-state index is -1.18. The summed E-state index contributed by atoms with van der Waals surface area (Å²) in [6.07, 6.45) is 5.93. The van der Waals surface area contributed by atoms with Crippen LogP contribution in [0.15, 0.2) is 73.1 Å². The van der Waals surface area contributed by atoms with Crippen molar-refractivity contribution in [3.05, 3.63) is 116 Å². The molecule has 1 saturated heterocycles. The quantitative estimate of drug-likeness (QED) is 0.0769. The van der Waals surface area contributed by atoms with E-state index < -0.39 is 28.8 Å². The number of esters is 1. The predicted molar refractivity (Wildman–Crippen MR) is 190 cm³/mol. The third-order valence-electron chi connectivity index (χ3n) is 8.07. The van der Waals surface area contributed by atoms with Crippen LogP contribution in [0, 0.1) is 34.1 Å². The fourth-order valence-electron chi connectivity index (χ4n) is 4.79. The summed E-state index contributed by atoms with van der Waals surface area (Å²) in [7, 11) is -0.553. The second kappa shape index (κ2) is 18.5. The summed E-state index contributed by atoms with van der Waals surface area (Å²) >= 11 is 0. The molecule has 3 N–H and O–H groups in total. The number of pyridine rings is 2. The molecule has 2 fully saturated rings. The van der Waals surface area contributed by atoms with E-state index in [1.54, 1.807) is 61.9 Å². The molecule has 2 aromatic carbocycles. The molecular weight excluding hydrogens is 693 g/mol. The van der Waals surface area contributed by atoms with Crippen molar-refractivity contribution in [3.8, 4) is 23.0 Å². The number of nitrogens with zero attached hydrogens (tertiary/aromatic N) is 5. The van der Waals surface area contributed by atoms with E-state index in [0.717, 1.165) is 12.8 Å². The molecule has 1 aliphatic heterocycles. The number of rotatable bonds is 11. The van der Waals surface area contributed by atoms with Crippen molar-refractivity contribution < 1.29 is 48.9 Å². The molecular formula is C35H38BN5O12. The van der Waals surface area contributed by atoms with Crippen molar-refractivity contribution in [1.82, 2.24) is 14.8 Å². The van der Waals surface area contributed by atoms with Crippen LogP contribution in [0.5, 0.6) is 23.0 Å². The normalized spacial score (nSPS) is 13.8. The van der Waals surface area contributed by atoms with Gasteiger partial charge in [-0.2, -0.15) is 0 Å². The maximum absolute atomic E-state index is 12.1. The smallest absolute Gasteiger partial charge is 0.376 e. The number of aryl methyl sites for hydroxylation is 2. The van der Waals surface area contributed by atoms with Crippen LogP contribution in [0.2, 0.25) is 6.82 Å². The Bertz CT molecular complexity index is 1940. The van der Waals surface area contributed by atoms with E-state index in [1.165, 1.54) is 43.1 Å². The molecule has 6 rings (SSSR count). The van der Waals surface area contributed by atoms with Gasteiger partial charge in [0.2, 0.25) is 0 Å². The van der Waals surface area contributed by atoms with Crippen LogP contribution in [-0.4, -0.2) is 84.1 Å². The largest absolute Gasteiger partial charge is 0.477 e. The molecule has 1 saturated carbocycles. The van der Waals surface area contributed by atoms with Crippen molar-refractivity contribution in [2.45, 2.75) is 58.6 Å². The molecule has 0 spiro atoms. The number of benzene rings is 2. The van der Waals surface area contributed by atoms with Gasteiger partial charge in [0, 0.05) is 48.7 Å². The second-order valence-electron chi connectivity index (χ2n) is 12.2. The topological polar surface area (TPSA) is 238 Å². The molecule has 1 aliphatic carbocycles. The number of aromatic nitrogens is 2. The van der Waals surface area contributed by atoms with Crippen LogP contribution in [-0.2, 0) is 16.0 Å². The fourth-order valence-corrected chi connectivity index (χ4v) is 4.79. The molecule has 4 aromatic rings. The number of aromatic carboxylic acids is 1. The van der Waals surface area contributed by atoms with E-state index in [4.69, 9.17) is 24.4 Å². The van der Waals surface area contributed by atoms with Gasteiger partial charge in [-0.15, -0.1) is 0 Å². The number of aliphatic hydroxyl groups excluding tert-OH is 1. The maximum Gasteiger partial charge on any atom is 0.376 e. The van der Waals surface area contributed by atoms with Gasteiger partial charge >= 0.3 is 19.0 Å². The Morgan fingerprint density at radius 2 is 1.34 bits per heavy atom. The SMILES string of the molecule is CB(O)N1CC(OC(=O)Cc2cc(Oc3ccc(C)c([N+](=O)[O-])c3)ccn2)C1.Cc1ccc(Oc2ccnc(C(=O)O)c2)cc1[N+](=O)[O-].OC1CCC1. The maximum atomic E-state index is 12.1. The average Bonchev–Trinajstić information content (AvgIpc) is 3.07. The van der Waals surface area contributed by atoms with Crippen LogP contribution in [0.25, 0.3) is 0 Å². The highest BCUT2D eigenvalue weighted by Gasteiger charge is 2.34. The van der Waals surface area contributed by atoms with Gasteiger partial charge in [0.05, 0.1) is 40.2 Å². The standard InChI is InChI=1S/C18H20BN3O6.C13H10N2O5.C4H8O/c1-12-3-4-14(9-17(12)22(25)26)27-15-5-6-20-13(7-15)8-18(23)28-16-10-21(11-16)19(2)24;1-8-2-3-9(7-12(8)15(18)19)20-10-4-5-14-11(6-10)13(16)17;5-4-2-1-3-4/h3-7,9,16,24H,8,10-11H2,1-2H3;2-7H,1H3,(H,16,17);4-5H,1-3H2. The van der Waals surface area contributed by atoms with Gasteiger partial charge in [0.15, 0.2) is 5.69 Å². The van der Waals surface area contributed by atoms with Gasteiger partial charge in [0.25, 0.3) is 11.4 Å². The molecule has 2 aromatic heterocycles. The first-order valence-corrected chi connectivity index (χ1v) is 16.5. The van der Waals surface area contributed by atoms with Gasteiger partial charge in [-0.1, -0.05) is 0 Å². The van der Waals surface area contributed by atoms with Crippen molar-refractivity contribution in [3.63, 3.8) is 0 Å². The lowest BCUT2D eigenvalue weighted by Crippen LogP contribution is -2.58. The number of nitro groups is 2. The second-order valence-corrected chi connectivity index (χ2v) is 12.2. The number of ether oxygens (including phenoxy) is 3. The minimum Gasteiger partial charge on any atom is -0.477 e. The number of hydrogen-bond acceptors (Lipinski definition) is 14. The van der Waals surface area contributed by atoms with Gasteiger partial charge in [-0.3, -0.25) is 30.0 Å². The third-order valence-corrected chi connectivity index (χ3v) is 8.07. The van der Waals surface area contributed by atoms with Crippen molar-refractivity contribution >= 4 is 30.4 Å². The van der Waals surface area contributed by atoms with Gasteiger partial charge in [0.1, 0.15) is 29.1 Å². The number of carboxylic acids is 1. The van der Waals surface area contributed by atoms with Crippen LogP contribution in [0.4, 0.5) is 11.4 Å². The Hall–Kier alpha value is -5.98. The molecule has 278 valence electrons. The highest BCUT2D eigenvalue weighted by molar-refractivity contribution is 6.45. The molecule has 2 aliphatic rings. The lowest BCUT2D eigenvalue weighted by molar-refractivity contribution is -0.385. The summed E-state index contributed by atoms with van der Waals surface area (Å²) < 4.78 is 16.4. The summed E-state index contributed by atoms with van der Waals surface area (Å²) in [6, 6.07) is 14.9. The van der Waals surface area contributed by atoms with Crippen LogP contribution >= 0.6 is 0 Å². The fraction of sp³-hybridized carbons (Fsp3) is 0.314. The van der Waals surface area contributed by atoms with Gasteiger partial charge < -0.3 is 34.3 Å². The summed E-state index contributed by atoms with van der Waals surface area (Å²) in [5, 5.41) is 48.5. The Morgan fingerprint density at radius 3 is 1.79 bits per heavy atom. The van der Waals surface area contributed by atoms with Crippen LogP contribution < -0.4 is 9.47 Å². The highest BCUT2D eigenvalue weighted by atomic mass is 16.6. The first-order chi connectivity index (χ1) is 25.2. The Morgan fingerprint density at radius 1 is 0.849 bits per heavy atom. The lowest BCUT2D eigenvalue weighted by atomic mass is 9.81. The summed E-state index contributed by atoms with van der Waals surface area (Å²) in [5.41, 5.74) is 1.28. The van der Waals surface area contributed by atoms with E-state index in [-0.39, 0.29) is 47.2 Å². The van der Waals surface area contributed by atoms with Crippen LogP contribution in [0.1, 0.15) is 46.6 Å². The van der Waals surface area contributed by atoms with Crippen LogP contribution in [0.3, 0.4) is 0 Å².